The molecule has 0 aliphatic carbocycles. The van der Waals surface area contributed by atoms with Gasteiger partial charge >= 0.3 is 5.97 Å². The Hall–Kier alpha value is -3.63. The van der Waals surface area contributed by atoms with Gasteiger partial charge in [0.15, 0.2) is 5.16 Å². The number of hydrogen-bond donors (Lipinski definition) is 1. The van der Waals surface area contributed by atoms with E-state index in [0.717, 1.165) is 22.2 Å². The second kappa shape index (κ2) is 10.3. The predicted octanol–water partition coefficient (Wildman–Crippen LogP) is 4.59. The van der Waals surface area contributed by atoms with E-state index in [4.69, 9.17) is 9.47 Å². The van der Waals surface area contributed by atoms with Crippen LogP contribution in [0.5, 0.6) is 5.75 Å². The Balaban J connectivity index is 1.69. The lowest BCUT2D eigenvalue weighted by Crippen LogP contribution is -2.23. The van der Waals surface area contributed by atoms with Gasteiger partial charge in [-0.05, 0) is 43.7 Å². The first-order valence-electron chi connectivity index (χ1n) is 10.6. The molecule has 0 aliphatic rings. The molecule has 4 rings (SSSR count). The number of rotatable bonds is 7. The lowest BCUT2D eigenvalue weighted by atomic mass is 10.1. The van der Waals surface area contributed by atoms with Crippen molar-refractivity contribution in [3.8, 4) is 11.4 Å². The average Bonchev–Trinajstić information content (AvgIpc) is 3.14. The second-order valence-electron chi connectivity index (χ2n) is 7.54. The minimum atomic E-state index is -0.504. The number of aryl methyl sites for hydroxylation is 1. The van der Waals surface area contributed by atoms with Crippen LogP contribution in [0, 0.1) is 13.8 Å². The number of amides is 1. The van der Waals surface area contributed by atoms with Crippen molar-refractivity contribution in [3.05, 3.63) is 74.9 Å². The summed E-state index contributed by atoms with van der Waals surface area (Å²) in [6.07, 6.45) is 0. The first kappa shape index (κ1) is 24.5. The quantitative estimate of drug-likeness (QED) is 0.221. The number of methoxy groups -OCH3 is 2. The van der Waals surface area contributed by atoms with Gasteiger partial charge in [-0.2, -0.15) is 0 Å². The molecule has 0 atom stereocenters. The number of thiophene rings is 1. The zero-order chi connectivity index (χ0) is 25.1. The van der Waals surface area contributed by atoms with Crippen LogP contribution in [0.25, 0.3) is 16.6 Å². The standard InChI is InChI=1S/C25H23N3O5S2/c1-14-15(2)35-22(21(14)24(31)33-4)27-20(29)13-34-25-26-17-10-6-5-9-16(17)23(30)28(25)18-11-7-8-12-19(18)32-3/h5-12H,13H2,1-4H3,(H,27,29). The number of aromatic nitrogens is 2. The van der Waals surface area contributed by atoms with Gasteiger partial charge in [0.05, 0.1) is 42.1 Å². The molecule has 0 spiro atoms. The van der Waals surface area contributed by atoms with Crippen molar-refractivity contribution < 1.29 is 19.1 Å². The Labute approximate surface area is 209 Å². The van der Waals surface area contributed by atoms with Crippen LogP contribution >= 0.6 is 23.1 Å². The SMILES string of the molecule is COC(=O)c1c(NC(=O)CSc2nc3ccccc3c(=O)n2-c2ccccc2OC)sc(C)c1C. The Bertz CT molecular complexity index is 1490. The van der Waals surface area contributed by atoms with Crippen LogP contribution in [0.3, 0.4) is 0 Å². The minimum Gasteiger partial charge on any atom is -0.495 e. The van der Waals surface area contributed by atoms with Gasteiger partial charge in [-0.15, -0.1) is 11.3 Å². The van der Waals surface area contributed by atoms with Crippen molar-refractivity contribution in [2.75, 3.05) is 25.3 Å². The molecule has 10 heteroatoms. The summed E-state index contributed by atoms with van der Waals surface area (Å²) >= 11 is 2.44. The Kier molecular flexibility index (Phi) is 7.23. The maximum Gasteiger partial charge on any atom is 0.341 e. The van der Waals surface area contributed by atoms with E-state index in [-0.39, 0.29) is 17.2 Å². The van der Waals surface area contributed by atoms with Crippen molar-refractivity contribution in [1.82, 2.24) is 9.55 Å². The highest BCUT2D eigenvalue weighted by molar-refractivity contribution is 7.99. The minimum absolute atomic E-state index is 0.0312. The van der Waals surface area contributed by atoms with Crippen molar-refractivity contribution in [1.29, 1.82) is 0 Å². The number of ether oxygens (including phenoxy) is 2. The molecule has 1 N–H and O–H groups in total. The Morgan fingerprint density at radius 2 is 1.80 bits per heavy atom. The van der Waals surface area contributed by atoms with Crippen LogP contribution < -0.4 is 15.6 Å². The van der Waals surface area contributed by atoms with Gasteiger partial charge in [-0.3, -0.25) is 14.2 Å². The number of benzene rings is 2. The zero-order valence-electron chi connectivity index (χ0n) is 19.6. The fourth-order valence-corrected chi connectivity index (χ4v) is 5.46. The second-order valence-corrected chi connectivity index (χ2v) is 9.71. The summed E-state index contributed by atoms with van der Waals surface area (Å²) in [6.45, 7) is 3.69. The Morgan fingerprint density at radius 3 is 2.54 bits per heavy atom. The maximum absolute atomic E-state index is 13.5. The van der Waals surface area contributed by atoms with Gasteiger partial charge < -0.3 is 14.8 Å². The molecule has 0 saturated heterocycles. The van der Waals surface area contributed by atoms with Crippen molar-refractivity contribution in [2.24, 2.45) is 0 Å². The molecular weight excluding hydrogens is 486 g/mol. The van der Waals surface area contributed by atoms with E-state index in [1.807, 2.05) is 19.9 Å². The van der Waals surface area contributed by atoms with Gasteiger partial charge in [0.1, 0.15) is 10.8 Å². The monoisotopic (exact) mass is 509 g/mol. The molecule has 8 nitrogen and oxygen atoms in total. The largest absolute Gasteiger partial charge is 0.495 e. The highest BCUT2D eigenvalue weighted by Crippen LogP contribution is 2.33. The molecule has 0 aliphatic heterocycles. The highest BCUT2D eigenvalue weighted by Gasteiger charge is 2.22. The van der Waals surface area contributed by atoms with E-state index in [2.05, 4.69) is 10.3 Å². The number of anilines is 1. The summed E-state index contributed by atoms with van der Waals surface area (Å²) in [7, 11) is 2.83. The molecular formula is C25H23N3O5S2. The van der Waals surface area contributed by atoms with E-state index in [0.29, 0.717) is 38.1 Å². The number of thioether (sulfide) groups is 1. The molecule has 2 aromatic heterocycles. The van der Waals surface area contributed by atoms with Crippen LogP contribution in [0.1, 0.15) is 20.8 Å². The summed E-state index contributed by atoms with van der Waals surface area (Å²) in [4.78, 5) is 44.1. The van der Waals surface area contributed by atoms with E-state index in [9.17, 15) is 14.4 Å². The number of carbonyl (C=O) groups excluding carboxylic acids is 2. The molecule has 2 heterocycles. The van der Waals surface area contributed by atoms with E-state index < -0.39 is 5.97 Å². The molecule has 0 saturated carbocycles. The molecule has 180 valence electrons. The third kappa shape index (κ3) is 4.80. The molecule has 2 aromatic carbocycles. The van der Waals surface area contributed by atoms with Gasteiger partial charge in [-0.1, -0.05) is 36.0 Å². The Morgan fingerprint density at radius 1 is 1.09 bits per heavy atom. The molecule has 4 aromatic rings. The van der Waals surface area contributed by atoms with Crippen LogP contribution in [-0.4, -0.2) is 41.4 Å². The first-order chi connectivity index (χ1) is 16.8. The van der Waals surface area contributed by atoms with E-state index in [1.165, 1.54) is 30.1 Å². The third-order valence-corrected chi connectivity index (χ3v) is 7.49. The smallest absolute Gasteiger partial charge is 0.341 e. The molecule has 0 fully saturated rings. The van der Waals surface area contributed by atoms with Crippen LogP contribution in [0.2, 0.25) is 0 Å². The van der Waals surface area contributed by atoms with Crippen molar-refractivity contribution in [3.63, 3.8) is 0 Å². The van der Waals surface area contributed by atoms with Gasteiger partial charge in [0.25, 0.3) is 5.56 Å². The highest BCUT2D eigenvalue weighted by atomic mass is 32.2. The predicted molar refractivity (Wildman–Crippen MR) is 138 cm³/mol. The fourth-order valence-electron chi connectivity index (χ4n) is 3.59. The first-order valence-corrected chi connectivity index (χ1v) is 12.4. The van der Waals surface area contributed by atoms with Crippen LogP contribution in [0.15, 0.2) is 58.5 Å². The lowest BCUT2D eigenvalue weighted by Gasteiger charge is -2.15. The number of nitrogens with one attached hydrogen (secondary N) is 1. The number of hydrogen-bond acceptors (Lipinski definition) is 8. The summed E-state index contributed by atoms with van der Waals surface area (Å²) < 4.78 is 11.8. The van der Waals surface area contributed by atoms with Crippen LogP contribution in [0.4, 0.5) is 5.00 Å². The lowest BCUT2D eigenvalue weighted by molar-refractivity contribution is -0.113. The maximum atomic E-state index is 13.5. The summed E-state index contributed by atoms with van der Waals surface area (Å²) in [5.41, 5.74) is 1.91. The summed E-state index contributed by atoms with van der Waals surface area (Å²) in [5.74, 6) is -0.368. The molecule has 1 amide bonds. The molecule has 0 bridgehead atoms. The van der Waals surface area contributed by atoms with Gasteiger partial charge in [0, 0.05) is 4.88 Å². The average molecular weight is 510 g/mol. The van der Waals surface area contributed by atoms with E-state index in [1.54, 1.807) is 42.5 Å². The molecule has 0 unspecified atom stereocenters. The van der Waals surface area contributed by atoms with Crippen molar-refractivity contribution >= 4 is 50.9 Å². The number of carbonyl (C=O) groups is 2. The number of nitrogens with zero attached hydrogens (tertiary/aromatic N) is 2. The fraction of sp³-hybridized carbons (Fsp3) is 0.200. The molecule has 35 heavy (non-hydrogen) atoms. The number of fused-ring (bicyclic) bond motifs is 1. The number of esters is 1. The summed E-state index contributed by atoms with van der Waals surface area (Å²) in [5, 5.41) is 4.05. The number of para-hydroxylation sites is 3. The van der Waals surface area contributed by atoms with Gasteiger partial charge in [-0.25, -0.2) is 9.78 Å². The summed E-state index contributed by atoms with van der Waals surface area (Å²) in [6, 6.07) is 14.2. The van der Waals surface area contributed by atoms with Gasteiger partial charge in [0.2, 0.25) is 5.91 Å². The topological polar surface area (TPSA) is 99.5 Å². The normalized spacial score (nSPS) is 10.9. The molecule has 0 radical (unpaired) electrons. The zero-order valence-corrected chi connectivity index (χ0v) is 21.2. The van der Waals surface area contributed by atoms with E-state index >= 15 is 0 Å². The van der Waals surface area contributed by atoms with Crippen LogP contribution in [-0.2, 0) is 9.53 Å². The van der Waals surface area contributed by atoms with Crippen molar-refractivity contribution in [2.45, 2.75) is 19.0 Å². The third-order valence-electron chi connectivity index (χ3n) is 5.43.